The van der Waals surface area contributed by atoms with E-state index in [2.05, 4.69) is 5.32 Å². The second kappa shape index (κ2) is 4.45. The van der Waals surface area contributed by atoms with Crippen molar-refractivity contribution in [1.82, 2.24) is 9.88 Å². The summed E-state index contributed by atoms with van der Waals surface area (Å²) in [5.41, 5.74) is 5.37. The van der Waals surface area contributed by atoms with Crippen molar-refractivity contribution in [2.75, 3.05) is 12.8 Å². The lowest BCUT2D eigenvalue weighted by molar-refractivity contribution is -0.120. The van der Waals surface area contributed by atoms with Crippen LogP contribution in [-0.4, -0.2) is 17.5 Å². The number of carbonyl (C=O) groups is 1. The van der Waals surface area contributed by atoms with Crippen LogP contribution in [0.3, 0.4) is 0 Å². The van der Waals surface area contributed by atoms with Crippen molar-refractivity contribution in [1.29, 1.82) is 0 Å². The molecule has 0 atom stereocenters. The van der Waals surface area contributed by atoms with E-state index < -0.39 is 0 Å². The van der Waals surface area contributed by atoms with Crippen LogP contribution in [0.25, 0.3) is 0 Å². The summed E-state index contributed by atoms with van der Waals surface area (Å²) in [5.74, 6) is -0.0978. The molecule has 5 nitrogen and oxygen atoms in total. The van der Waals surface area contributed by atoms with Gasteiger partial charge in [-0.05, 0) is 12.1 Å². The van der Waals surface area contributed by atoms with Crippen molar-refractivity contribution < 1.29 is 4.79 Å². The number of rotatable bonds is 3. The van der Waals surface area contributed by atoms with Crippen LogP contribution in [0.15, 0.2) is 23.1 Å². The van der Waals surface area contributed by atoms with Crippen LogP contribution in [0.5, 0.6) is 0 Å². The van der Waals surface area contributed by atoms with Gasteiger partial charge in [-0.25, -0.2) is 0 Å². The normalized spacial score (nSPS) is 9.79. The first kappa shape index (κ1) is 10.3. The number of carbonyl (C=O) groups excluding carboxylic acids is 1. The second-order valence-corrected chi connectivity index (χ2v) is 2.89. The van der Waals surface area contributed by atoms with Crippen LogP contribution in [0.1, 0.15) is 6.42 Å². The number of hydrogen-bond acceptors (Lipinski definition) is 3. The Morgan fingerprint density at radius 3 is 3.00 bits per heavy atom. The predicted octanol–water partition coefficient (Wildman–Crippen LogP) is -0.433. The summed E-state index contributed by atoms with van der Waals surface area (Å²) in [4.78, 5) is 22.3. The molecule has 0 radical (unpaired) electrons. The first-order chi connectivity index (χ1) is 6.65. The highest BCUT2D eigenvalue weighted by molar-refractivity contribution is 5.75. The molecule has 0 aromatic carbocycles. The average Bonchev–Trinajstić information content (AvgIpc) is 2.20. The number of anilines is 1. The minimum atomic E-state index is -0.253. The van der Waals surface area contributed by atoms with Gasteiger partial charge in [0.2, 0.25) is 5.91 Å². The molecule has 0 aliphatic carbocycles. The lowest BCUT2D eigenvalue weighted by atomic mass is 10.3. The molecule has 14 heavy (non-hydrogen) atoms. The Kier molecular flexibility index (Phi) is 3.28. The molecule has 1 aromatic heterocycles. The van der Waals surface area contributed by atoms with Crippen molar-refractivity contribution in [3.05, 3.63) is 28.7 Å². The minimum Gasteiger partial charge on any atom is -0.394 e. The standard InChI is InChI=1S/C9H13N3O2/c1-11-8(13)4-6-12-5-2-3-7(10)9(12)14/h2-3,5H,4,6,10H2,1H3,(H,11,13). The number of hydrogen-bond donors (Lipinski definition) is 2. The van der Waals surface area contributed by atoms with E-state index in [0.29, 0.717) is 6.54 Å². The van der Waals surface area contributed by atoms with Crippen LogP contribution in [-0.2, 0) is 11.3 Å². The second-order valence-electron chi connectivity index (χ2n) is 2.89. The topological polar surface area (TPSA) is 77.1 Å². The molecule has 0 unspecified atom stereocenters. The monoisotopic (exact) mass is 195 g/mol. The fourth-order valence-corrected chi connectivity index (χ4v) is 1.08. The number of pyridine rings is 1. The molecule has 0 saturated carbocycles. The van der Waals surface area contributed by atoms with E-state index in [1.807, 2.05) is 0 Å². The smallest absolute Gasteiger partial charge is 0.273 e. The molecular weight excluding hydrogens is 182 g/mol. The molecule has 0 aliphatic heterocycles. The number of aromatic nitrogens is 1. The Bertz CT molecular complexity index is 384. The third-order valence-electron chi connectivity index (χ3n) is 1.91. The lowest BCUT2D eigenvalue weighted by Gasteiger charge is -2.04. The highest BCUT2D eigenvalue weighted by atomic mass is 16.1. The molecule has 3 N–H and O–H groups in total. The summed E-state index contributed by atoms with van der Waals surface area (Å²) in [5, 5.41) is 2.48. The molecule has 1 amide bonds. The Morgan fingerprint density at radius 1 is 1.64 bits per heavy atom. The summed E-state index contributed by atoms with van der Waals surface area (Å²) >= 11 is 0. The van der Waals surface area contributed by atoms with Crippen molar-refractivity contribution in [2.24, 2.45) is 0 Å². The van der Waals surface area contributed by atoms with E-state index in [0.717, 1.165) is 0 Å². The van der Waals surface area contributed by atoms with Gasteiger partial charge in [0.05, 0.1) is 5.69 Å². The Hall–Kier alpha value is -1.78. The van der Waals surface area contributed by atoms with Crippen molar-refractivity contribution in [3.8, 4) is 0 Å². The van der Waals surface area contributed by atoms with Gasteiger partial charge in [-0.2, -0.15) is 0 Å². The van der Waals surface area contributed by atoms with E-state index in [-0.39, 0.29) is 23.6 Å². The molecule has 1 aromatic rings. The van der Waals surface area contributed by atoms with Crippen LogP contribution in [0.2, 0.25) is 0 Å². The maximum Gasteiger partial charge on any atom is 0.273 e. The summed E-state index contributed by atoms with van der Waals surface area (Å²) in [7, 11) is 1.56. The van der Waals surface area contributed by atoms with Crippen LogP contribution >= 0.6 is 0 Å². The van der Waals surface area contributed by atoms with Gasteiger partial charge in [-0.15, -0.1) is 0 Å². The van der Waals surface area contributed by atoms with Crippen LogP contribution in [0, 0.1) is 0 Å². The first-order valence-corrected chi connectivity index (χ1v) is 4.30. The molecule has 76 valence electrons. The van der Waals surface area contributed by atoms with Crippen molar-refractivity contribution in [2.45, 2.75) is 13.0 Å². The molecular formula is C9H13N3O2. The number of nitrogen functional groups attached to an aromatic ring is 1. The zero-order chi connectivity index (χ0) is 10.6. The van der Waals surface area contributed by atoms with Gasteiger partial charge >= 0.3 is 0 Å². The Morgan fingerprint density at radius 2 is 2.36 bits per heavy atom. The summed E-state index contributed by atoms with van der Waals surface area (Å²) in [6.45, 7) is 0.351. The first-order valence-electron chi connectivity index (χ1n) is 4.30. The fourth-order valence-electron chi connectivity index (χ4n) is 1.08. The highest BCUT2D eigenvalue weighted by Gasteiger charge is 2.01. The van der Waals surface area contributed by atoms with Gasteiger partial charge in [0.1, 0.15) is 0 Å². The van der Waals surface area contributed by atoms with E-state index in [9.17, 15) is 9.59 Å². The molecule has 0 fully saturated rings. The lowest BCUT2D eigenvalue weighted by Crippen LogP contribution is -2.26. The van der Waals surface area contributed by atoms with Gasteiger partial charge in [0.15, 0.2) is 0 Å². The minimum absolute atomic E-state index is 0.0978. The van der Waals surface area contributed by atoms with E-state index >= 15 is 0 Å². The molecule has 0 spiro atoms. The maximum absolute atomic E-state index is 11.4. The fraction of sp³-hybridized carbons (Fsp3) is 0.333. The van der Waals surface area contributed by atoms with E-state index in [1.165, 1.54) is 4.57 Å². The van der Waals surface area contributed by atoms with E-state index in [4.69, 9.17) is 5.73 Å². The van der Waals surface area contributed by atoms with E-state index in [1.54, 1.807) is 25.4 Å². The quantitative estimate of drug-likeness (QED) is 0.686. The summed E-state index contributed by atoms with van der Waals surface area (Å²) in [6, 6.07) is 3.22. The predicted molar refractivity (Wildman–Crippen MR) is 53.8 cm³/mol. The molecule has 0 saturated heterocycles. The number of nitrogens with zero attached hydrogens (tertiary/aromatic N) is 1. The number of nitrogens with two attached hydrogens (primary N) is 1. The number of aryl methyl sites for hydroxylation is 1. The Balaban J connectivity index is 2.73. The van der Waals surface area contributed by atoms with Gasteiger partial charge in [-0.3, -0.25) is 9.59 Å². The van der Waals surface area contributed by atoms with Gasteiger partial charge in [-0.1, -0.05) is 0 Å². The number of nitrogens with one attached hydrogen (secondary N) is 1. The van der Waals surface area contributed by atoms with Gasteiger partial charge < -0.3 is 15.6 Å². The summed E-state index contributed by atoms with van der Waals surface area (Å²) in [6.07, 6.45) is 1.89. The molecule has 1 rings (SSSR count). The largest absolute Gasteiger partial charge is 0.394 e. The number of amides is 1. The highest BCUT2D eigenvalue weighted by Crippen LogP contribution is 1.93. The molecule has 0 aliphatic rings. The average molecular weight is 195 g/mol. The van der Waals surface area contributed by atoms with Crippen LogP contribution < -0.4 is 16.6 Å². The molecule has 1 heterocycles. The SMILES string of the molecule is CNC(=O)CCn1cccc(N)c1=O. The zero-order valence-corrected chi connectivity index (χ0v) is 7.99. The van der Waals surface area contributed by atoms with Crippen molar-refractivity contribution in [3.63, 3.8) is 0 Å². The van der Waals surface area contributed by atoms with Crippen molar-refractivity contribution >= 4 is 11.6 Å². The molecule has 0 bridgehead atoms. The summed E-state index contributed by atoms with van der Waals surface area (Å²) < 4.78 is 1.42. The third kappa shape index (κ3) is 2.35. The van der Waals surface area contributed by atoms with Gasteiger partial charge in [0.25, 0.3) is 5.56 Å². The van der Waals surface area contributed by atoms with Gasteiger partial charge in [0, 0.05) is 26.2 Å². The zero-order valence-electron chi connectivity index (χ0n) is 7.99. The maximum atomic E-state index is 11.4. The Labute approximate surface area is 81.5 Å². The molecule has 5 heteroatoms. The third-order valence-corrected chi connectivity index (χ3v) is 1.91. The van der Waals surface area contributed by atoms with Crippen LogP contribution in [0.4, 0.5) is 5.69 Å².